The lowest BCUT2D eigenvalue weighted by Crippen LogP contribution is -2.37. The molecule has 1 fully saturated rings. The van der Waals surface area contributed by atoms with Crippen LogP contribution in [0.1, 0.15) is 58.8 Å². The Kier molecular flexibility index (Phi) is 6.77. The second-order valence-corrected chi connectivity index (χ2v) is 8.45. The molecule has 0 aliphatic heterocycles. The van der Waals surface area contributed by atoms with Crippen molar-refractivity contribution in [2.24, 2.45) is 11.3 Å². The maximum Gasteiger partial charge on any atom is 0.211 e. The van der Waals surface area contributed by atoms with Crippen LogP contribution in [-0.4, -0.2) is 32.4 Å². The largest absolute Gasteiger partial charge is 0.396 e. The molecule has 1 saturated carbocycles. The third-order valence-electron chi connectivity index (χ3n) is 3.96. The molecule has 0 spiro atoms. The first kappa shape index (κ1) is 16.9. The average molecular weight is 291 g/mol. The minimum absolute atomic E-state index is 0.0949. The van der Waals surface area contributed by atoms with Gasteiger partial charge in [-0.05, 0) is 37.0 Å². The van der Waals surface area contributed by atoms with E-state index in [0.29, 0.717) is 12.5 Å². The highest BCUT2D eigenvalue weighted by molar-refractivity contribution is 7.89. The van der Waals surface area contributed by atoms with E-state index in [1.54, 1.807) is 0 Å². The van der Waals surface area contributed by atoms with Crippen LogP contribution in [-0.2, 0) is 10.0 Å². The fourth-order valence-corrected chi connectivity index (χ4v) is 4.36. The molecule has 0 amide bonds. The van der Waals surface area contributed by atoms with Crippen molar-refractivity contribution < 1.29 is 13.5 Å². The van der Waals surface area contributed by atoms with Gasteiger partial charge >= 0.3 is 0 Å². The molecular formula is C14H29NO3S. The van der Waals surface area contributed by atoms with Gasteiger partial charge in [0.15, 0.2) is 0 Å². The number of hydrogen-bond acceptors (Lipinski definition) is 3. The molecule has 5 heteroatoms. The predicted octanol–water partition coefficient (Wildman–Crippen LogP) is 2.28. The van der Waals surface area contributed by atoms with Crippen LogP contribution >= 0.6 is 0 Å². The molecule has 114 valence electrons. The number of hydrogen-bond donors (Lipinski definition) is 2. The average Bonchev–Trinajstić information content (AvgIpc) is 2.35. The van der Waals surface area contributed by atoms with Gasteiger partial charge in [0, 0.05) is 13.2 Å². The van der Waals surface area contributed by atoms with E-state index in [2.05, 4.69) is 4.72 Å². The Labute approximate surface area is 118 Å². The van der Waals surface area contributed by atoms with E-state index >= 15 is 0 Å². The fourth-order valence-electron chi connectivity index (χ4n) is 2.67. The standard InChI is InChI=1S/C14H29NO3S/c1-14(2,9-6-10-16)12-15-19(17,18)11-13-7-4-3-5-8-13/h13,15-16H,3-12H2,1-2H3. The molecule has 0 unspecified atom stereocenters. The molecule has 0 bridgehead atoms. The first-order chi connectivity index (χ1) is 8.85. The minimum Gasteiger partial charge on any atom is -0.396 e. The third kappa shape index (κ3) is 7.28. The second kappa shape index (κ2) is 7.60. The molecular weight excluding hydrogens is 262 g/mol. The molecule has 1 aliphatic rings. The van der Waals surface area contributed by atoms with E-state index in [-0.39, 0.29) is 17.8 Å². The predicted molar refractivity (Wildman–Crippen MR) is 78.5 cm³/mol. The minimum atomic E-state index is -3.15. The molecule has 1 aliphatic carbocycles. The molecule has 2 N–H and O–H groups in total. The first-order valence-corrected chi connectivity index (χ1v) is 9.08. The number of aliphatic hydroxyl groups excluding tert-OH is 1. The number of sulfonamides is 1. The van der Waals surface area contributed by atoms with E-state index in [4.69, 9.17) is 5.11 Å². The zero-order valence-electron chi connectivity index (χ0n) is 12.3. The van der Waals surface area contributed by atoms with Gasteiger partial charge in [0.2, 0.25) is 10.0 Å². The molecule has 0 radical (unpaired) electrons. The van der Waals surface area contributed by atoms with Crippen molar-refractivity contribution in [3.05, 3.63) is 0 Å². The molecule has 0 aromatic rings. The van der Waals surface area contributed by atoms with Gasteiger partial charge in [-0.1, -0.05) is 33.1 Å². The monoisotopic (exact) mass is 291 g/mol. The molecule has 19 heavy (non-hydrogen) atoms. The van der Waals surface area contributed by atoms with Crippen LogP contribution in [0.4, 0.5) is 0 Å². The zero-order chi connectivity index (χ0) is 14.4. The summed E-state index contributed by atoms with van der Waals surface area (Å²) in [7, 11) is -3.15. The summed E-state index contributed by atoms with van der Waals surface area (Å²) in [5.74, 6) is 0.620. The lowest BCUT2D eigenvalue weighted by molar-refractivity contribution is 0.242. The molecule has 0 aromatic carbocycles. The lowest BCUT2D eigenvalue weighted by Gasteiger charge is -2.26. The van der Waals surface area contributed by atoms with Gasteiger partial charge < -0.3 is 5.11 Å². The summed E-state index contributed by atoms with van der Waals surface area (Å²) in [6, 6.07) is 0. The molecule has 0 aromatic heterocycles. The molecule has 0 heterocycles. The van der Waals surface area contributed by atoms with E-state index in [9.17, 15) is 8.42 Å². The SMILES string of the molecule is CC(C)(CCCO)CNS(=O)(=O)CC1CCCCC1. The van der Waals surface area contributed by atoms with Crippen molar-refractivity contribution in [3.8, 4) is 0 Å². The van der Waals surface area contributed by atoms with Crippen molar-refractivity contribution in [2.75, 3.05) is 18.9 Å². The van der Waals surface area contributed by atoms with Gasteiger partial charge in [-0.2, -0.15) is 0 Å². The first-order valence-electron chi connectivity index (χ1n) is 7.43. The maximum absolute atomic E-state index is 12.1. The number of nitrogens with one attached hydrogen (secondary N) is 1. The molecule has 0 saturated heterocycles. The van der Waals surface area contributed by atoms with Crippen molar-refractivity contribution in [3.63, 3.8) is 0 Å². The Morgan fingerprint density at radius 2 is 1.84 bits per heavy atom. The van der Waals surface area contributed by atoms with Gasteiger partial charge in [-0.3, -0.25) is 0 Å². The Morgan fingerprint density at radius 3 is 2.42 bits per heavy atom. The van der Waals surface area contributed by atoms with Gasteiger partial charge in [-0.25, -0.2) is 13.1 Å². The summed E-state index contributed by atoms with van der Waals surface area (Å²) in [6.45, 7) is 4.69. The highest BCUT2D eigenvalue weighted by Gasteiger charge is 2.24. The normalized spacial score (nSPS) is 18.7. The van der Waals surface area contributed by atoms with Crippen molar-refractivity contribution in [2.45, 2.75) is 58.8 Å². The van der Waals surface area contributed by atoms with E-state index in [0.717, 1.165) is 25.7 Å². The summed E-state index contributed by atoms with van der Waals surface area (Å²) in [4.78, 5) is 0. The summed E-state index contributed by atoms with van der Waals surface area (Å²) >= 11 is 0. The van der Waals surface area contributed by atoms with Gasteiger partial charge in [0.25, 0.3) is 0 Å². The summed E-state index contributed by atoms with van der Waals surface area (Å²) in [5, 5.41) is 8.84. The molecule has 1 rings (SSSR count). The third-order valence-corrected chi connectivity index (χ3v) is 5.46. The van der Waals surface area contributed by atoms with Crippen molar-refractivity contribution in [1.29, 1.82) is 0 Å². The molecule has 4 nitrogen and oxygen atoms in total. The zero-order valence-corrected chi connectivity index (χ0v) is 13.1. The van der Waals surface area contributed by atoms with Crippen LogP contribution in [0, 0.1) is 11.3 Å². The van der Waals surface area contributed by atoms with Gasteiger partial charge in [0.1, 0.15) is 0 Å². The highest BCUT2D eigenvalue weighted by Crippen LogP contribution is 2.25. The summed E-state index contributed by atoms with van der Waals surface area (Å²) < 4.78 is 26.9. The Morgan fingerprint density at radius 1 is 1.21 bits per heavy atom. The Hall–Kier alpha value is -0.130. The van der Waals surface area contributed by atoms with E-state index in [1.165, 1.54) is 19.3 Å². The Balaban J connectivity index is 2.37. The summed E-state index contributed by atoms with van der Waals surface area (Å²) in [5.41, 5.74) is -0.0949. The van der Waals surface area contributed by atoms with Gasteiger partial charge in [0.05, 0.1) is 5.75 Å². The highest BCUT2D eigenvalue weighted by atomic mass is 32.2. The maximum atomic E-state index is 12.1. The van der Waals surface area contributed by atoms with Crippen LogP contribution in [0.25, 0.3) is 0 Å². The Bertz CT molecular complexity index is 346. The topological polar surface area (TPSA) is 66.4 Å². The lowest BCUT2D eigenvalue weighted by atomic mass is 9.88. The van der Waals surface area contributed by atoms with E-state index < -0.39 is 10.0 Å². The van der Waals surface area contributed by atoms with Crippen molar-refractivity contribution >= 4 is 10.0 Å². The van der Waals surface area contributed by atoms with Gasteiger partial charge in [-0.15, -0.1) is 0 Å². The van der Waals surface area contributed by atoms with Crippen LogP contribution in [0.15, 0.2) is 0 Å². The smallest absolute Gasteiger partial charge is 0.211 e. The van der Waals surface area contributed by atoms with Crippen LogP contribution in [0.2, 0.25) is 0 Å². The summed E-state index contributed by atoms with van der Waals surface area (Å²) in [6.07, 6.45) is 7.24. The van der Waals surface area contributed by atoms with Crippen LogP contribution in [0.3, 0.4) is 0 Å². The fraction of sp³-hybridized carbons (Fsp3) is 1.00. The quantitative estimate of drug-likeness (QED) is 0.721. The van der Waals surface area contributed by atoms with Crippen molar-refractivity contribution in [1.82, 2.24) is 4.72 Å². The molecule has 0 atom stereocenters. The number of rotatable bonds is 8. The van der Waals surface area contributed by atoms with E-state index in [1.807, 2.05) is 13.8 Å². The van der Waals surface area contributed by atoms with Crippen LogP contribution in [0.5, 0.6) is 0 Å². The van der Waals surface area contributed by atoms with Crippen LogP contribution < -0.4 is 4.72 Å². The number of aliphatic hydroxyl groups is 1. The second-order valence-electron chi connectivity index (χ2n) is 6.60.